The summed E-state index contributed by atoms with van der Waals surface area (Å²) in [4.78, 5) is 23.8. The second-order valence-electron chi connectivity index (χ2n) is 5.36. The molecule has 5 nitrogen and oxygen atoms in total. The molecule has 0 aliphatic rings. The van der Waals surface area contributed by atoms with Crippen molar-refractivity contribution in [2.24, 2.45) is 0 Å². The van der Waals surface area contributed by atoms with Crippen molar-refractivity contribution in [1.29, 1.82) is 0 Å². The molecule has 3 aromatic carbocycles. The summed E-state index contributed by atoms with van der Waals surface area (Å²) in [5.74, 6) is -1.05. The Kier molecular flexibility index (Phi) is 4.89. The van der Waals surface area contributed by atoms with E-state index in [0.29, 0.717) is 5.69 Å². The van der Waals surface area contributed by atoms with E-state index in [-0.39, 0.29) is 12.2 Å². The minimum absolute atomic E-state index is 0.0729. The van der Waals surface area contributed by atoms with E-state index in [1.165, 1.54) is 18.2 Å². The van der Waals surface area contributed by atoms with Gasteiger partial charge in [0.15, 0.2) is 0 Å². The van der Waals surface area contributed by atoms with E-state index < -0.39 is 17.8 Å². The molecule has 0 bridgehead atoms. The first-order valence-electron chi connectivity index (χ1n) is 7.70. The fourth-order valence-corrected chi connectivity index (χ4v) is 2.42. The number of para-hydroxylation sites is 1. The highest BCUT2D eigenvalue weighted by molar-refractivity contribution is 6.03. The Morgan fingerprint density at radius 1 is 0.800 bits per heavy atom. The normalized spacial score (nSPS) is 10.3. The van der Waals surface area contributed by atoms with Gasteiger partial charge in [-0.25, -0.2) is 9.18 Å². The summed E-state index contributed by atoms with van der Waals surface area (Å²) >= 11 is 0. The Balaban J connectivity index is 1.57. The molecule has 3 N–H and O–H groups in total. The first-order chi connectivity index (χ1) is 12.1. The molecule has 0 unspecified atom stereocenters. The van der Waals surface area contributed by atoms with Gasteiger partial charge >= 0.3 is 6.03 Å². The Hall–Kier alpha value is -3.41. The third kappa shape index (κ3) is 4.11. The summed E-state index contributed by atoms with van der Waals surface area (Å²) in [7, 11) is 0. The maximum absolute atomic E-state index is 13.5. The van der Waals surface area contributed by atoms with Crippen LogP contribution < -0.4 is 16.0 Å². The third-order valence-corrected chi connectivity index (χ3v) is 3.60. The van der Waals surface area contributed by atoms with Crippen LogP contribution in [0.15, 0.2) is 66.7 Å². The van der Waals surface area contributed by atoms with Gasteiger partial charge in [0.1, 0.15) is 5.82 Å². The number of halogens is 1. The quantitative estimate of drug-likeness (QED) is 0.679. The fraction of sp³-hybridized carbons (Fsp3) is 0.0526. The zero-order chi connectivity index (χ0) is 17.6. The number of hydrogen-bond acceptors (Lipinski definition) is 2. The fourth-order valence-electron chi connectivity index (χ4n) is 2.42. The van der Waals surface area contributed by atoms with Gasteiger partial charge in [0.25, 0.3) is 0 Å². The van der Waals surface area contributed by atoms with Crippen molar-refractivity contribution >= 4 is 34.1 Å². The van der Waals surface area contributed by atoms with Crippen molar-refractivity contribution in [3.63, 3.8) is 0 Å². The Morgan fingerprint density at radius 3 is 2.32 bits per heavy atom. The number of carbonyl (C=O) groups excluding carboxylic acids is 2. The predicted octanol–water partition coefficient (Wildman–Crippen LogP) is 3.74. The van der Waals surface area contributed by atoms with Crippen LogP contribution in [0.1, 0.15) is 0 Å². The van der Waals surface area contributed by atoms with Crippen LogP contribution in [0.2, 0.25) is 0 Å². The molecule has 3 rings (SSSR count). The highest BCUT2D eigenvalue weighted by atomic mass is 19.1. The summed E-state index contributed by atoms with van der Waals surface area (Å²) < 4.78 is 13.5. The molecule has 0 saturated heterocycles. The van der Waals surface area contributed by atoms with E-state index >= 15 is 0 Å². The van der Waals surface area contributed by atoms with Gasteiger partial charge in [-0.05, 0) is 23.6 Å². The molecule has 6 heteroatoms. The summed E-state index contributed by atoms with van der Waals surface area (Å²) in [5.41, 5.74) is 0.717. The minimum atomic E-state index is -0.531. The molecule has 0 fully saturated rings. The molecule has 0 aliphatic heterocycles. The maximum Gasteiger partial charge on any atom is 0.319 e. The van der Waals surface area contributed by atoms with Gasteiger partial charge in [-0.2, -0.15) is 0 Å². The summed E-state index contributed by atoms with van der Waals surface area (Å²) in [6.07, 6.45) is 0. The van der Waals surface area contributed by atoms with Gasteiger partial charge in [0.05, 0.1) is 17.9 Å². The highest BCUT2D eigenvalue weighted by Gasteiger charge is 2.09. The number of rotatable bonds is 4. The zero-order valence-corrected chi connectivity index (χ0v) is 13.3. The van der Waals surface area contributed by atoms with Gasteiger partial charge in [0.2, 0.25) is 5.91 Å². The van der Waals surface area contributed by atoms with E-state index in [9.17, 15) is 14.0 Å². The van der Waals surface area contributed by atoms with Crippen LogP contribution in [0, 0.1) is 5.82 Å². The molecule has 0 saturated carbocycles. The van der Waals surface area contributed by atoms with Crippen LogP contribution in [0.5, 0.6) is 0 Å². The van der Waals surface area contributed by atoms with Crippen LogP contribution in [-0.4, -0.2) is 18.5 Å². The second-order valence-corrected chi connectivity index (χ2v) is 5.36. The standard InChI is InChI=1S/C19H16FN3O2/c20-15-9-3-4-10-17(15)22-18(24)12-21-19(25)23-16-11-5-7-13-6-1-2-8-14(13)16/h1-11H,12H2,(H,22,24)(H2,21,23,25). The Bertz CT molecular complexity index is 922. The number of carbonyl (C=O) groups is 2. The molecular weight excluding hydrogens is 321 g/mol. The van der Waals surface area contributed by atoms with E-state index in [2.05, 4.69) is 16.0 Å². The van der Waals surface area contributed by atoms with Crippen molar-refractivity contribution < 1.29 is 14.0 Å². The van der Waals surface area contributed by atoms with Gasteiger partial charge in [-0.3, -0.25) is 4.79 Å². The molecule has 0 aliphatic carbocycles. The predicted molar refractivity (Wildman–Crippen MR) is 96.0 cm³/mol. The van der Waals surface area contributed by atoms with Crippen molar-refractivity contribution in [2.75, 3.05) is 17.2 Å². The van der Waals surface area contributed by atoms with Gasteiger partial charge in [-0.1, -0.05) is 48.5 Å². The molecule has 25 heavy (non-hydrogen) atoms. The molecule has 0 aromatic heterocycles. The van der Waals surface area contributed by atoms with Crippen LogP contribution in [0.25, 0.3) is 10.8 Å². The molecule has 0 heterocycles. The minimum Gasteiger partial charge on any atom is -0.329 e. The topological polar surface area (TPSA) is 70.2 Å². The summed E-state index contributed by atoms with van der Waals surface area (Å²) in [5, 5.41) is 9.46. The molecule has 126 valence electrons. The first kappa shape index (κ1) is 16.4. The van der Waals surface area contributed by atoms with Gasteiger partial charge < -0.3 is 16.0 Å². The van der Waals surface area contributed by atoms with E-state index in [1.807, 2.05) is 36.4 Å². The summed E-state index contributed by atoms with van der Waals surface area (Å²) in [6, 6.07) is 18.5. The smallest absolute Gasteiger partial charge is 0.319 e. The Labute approximate surface area is 143 Å². The number of amides is 3. The van der Waals surface area contributed by atoms with Crippen molar-refractivity contribution in [3.8, 4) is 0 Å². The lowest BCUT2D eigenvalue weighted by molar-refractivity contribution is -0.115. The van der Waals surface area contributed by atoms with Crippen molar-refractivity contribution in [3.05, 3.63) is 72.5 Å². The number of hydrogen-bond donors (Lipinski definition) is 3. The van der Waals surface area contributed by atoms with Crippen LogP contribution in [-0.2, 0) is 4.79 Å². The highest BCUT2D eigenvalue weighted by Crippen LogP contribution is 2.22. The van der Waals surface area contributed by atoms with E-state index in [4.69, 9.17) is 0 Å². The molecule has 0 atom stereocenters. The number of benzene rings is 3. The Morgan fingerprint density at radius 2 is 1.48 bits per heavy atom. The second kappa shape index (κ2) is 7.44. The van der Waals surface area contributed by atoms with Gasteiger partial charge in [-0.15, -0.1) is 0 Å². The molecule has 3 amide bonds. The van der Waals surface area contributed by atoms with Crippen LogP contribution >= 0.6 is 0 Å². The lowest BCUT2D eigenvalue weighted by atomic mass is 10.1. The van der Waals surface area contributed by atoms with Crippen molar-refractivity contribution in [1.82, 2.24) is 5.32 Å². The number of fused-ring (bicyclic) bond motifs is 1. The van der Waals surface area contributed by atoms with E-state index in [0.717, 1.165) is 10.8 Å². The lowest BCUT2D eigenvalue weighted by Crippen LogP contribution is -2.35. The van der Waals surface area contributed by atoms with Crippen LogP contribution in [0.4, 0.5) is 20.6 Å². The van der Waals surface area contributed by atoms with Crippen LogP contribution in [0.3, 0.4) is 0 Å². The molecule has 3 aromatic rings. The monoisotopic (exact) mass is 337 g/mol. The molecular formula is C19H16FN3O2. The number of anilines is 2. The zero-order valence-electron chi connectivity index (χ0n) is 13.3. The SMILES string of the molecule is O=C(CNC(=O)Nc1cccc2ccccc12)Nc1ccccc1F. The third-order valence-electron chi connectivity index (χ3n) is 3.60. The lowest BCUT2D eigenvalue weighted by Gasteiger charge is -2.10. The molecule has 0 spiro atoms. The maximum atomic E-state index is 13.5. The number of nitrogens with one attached hydrogen (secondary N) is 3. The summed E-state index contributed by atoms with van der Waals surface area (Å²) in [6.45, 7) is -0.273. The average Bonchev–Trinajstić information content (AvgIpc) is 2.62. The average molecular weight is 337 g/mol. The molecule has 0 radical (unpaired) electrons. The van der Waals surface area contributed by atoms with Crippen molar-refractivity contribution in [2.45, 2.75) is 0 Å². The van der Waals surface area contributed by atoms with Gasteiger partial charge in [0, 0.05) is 5.39 Å². The number of urea groups is 1. The van der Waals surface area contributed by atoms with E-state index in [1.54, 1.807) is 12.1 Å². The largest absolute Gasteiger partial charge is 0.329 e. The first-order valence-corrected chi connectivity index (χ1v) is 7.70.